The Labute approximate surface area is 188 Å². The molecule has 5 rings (SSSR count). The Morgan fingerprint density at radius 2 is 2.00 bits per heavy atom. The summed E-state index contributed by atoms with van der Waals surface area (Å²) in [7, 11) is 0. The Hall–Kier alpha value is -3.29. The molecule has 0 spiro atoms. The van der Waals surface area contributed by atoms with Gasteiger partial charge in [-0.2, -0.15) is 0 Å². The Morgan fingerprint density at radius 3 is 2.70 bits per heavy atom. The highest BCUT2D eigenvalue weighted by Crippen LogP contribution is 2.40. The number of nitrogens with zero attached hydrogens (tertiary/aromatic N) is 6. The lowest BCUT2D eigenvalue weighted by Gasteiger charge is -2.30. The number of carboxylic acid groups (broad SMARTS) is 1. The largest absolute Gasteiger partial charge is 0.465 e. The number of ether oxygens (including phenoxy) is 1. The first kappa shape index (κ1) is 21.6. The molecule has 3 aromatic heterocycles. The fourth-order valence-corrected chi connectivity index (χ4v) is 4.31. The van der Waals surface area contributed by atoms with Crippen molar-refractivity contribution in [1.29, 1.82) is 0 Å². The number of nitrogens with one attached hydrogen (secondary N) is 1. The summed E-state index contributed by atoms with van der Waals surface area (Å²) in [6, 6.07) is 1.75. The smallest absolute Gasteiger partial charge is 0.407 e. The van der Waals surface area contributed by atoms with Gasteiger partial charge in [-0.05, 0) is 19.3 Å². The minimum atomic E-state index is -1.24. The standard InChI is InChI=1S/C20H25N7O6/c1-2-10-7-12(33-25-10)16-14(28)15(29)19(32-16)27-9-23-13-17(21-8-22-18(13)27)24-11-3-5-26(6-4-11)20(30)31/h7-9,11,14-16,19,28-29H,2-6H2,1H3,(H,30,31)(H,21,22,24)/t14-,15+,16+,19+/m0/s1. The lowest BCUT2D eigenvalue weighted by Crippen LogP contribution is -2.41. The average molecular weight is 459 g/mol. The number of hydrogen-bond acceptors (Lipinski definition) is 10. The molecule has 2 saturated heterocycles. The van der Waals surface area contributed by atoms with Gasteiger partial charge in [-0.15, -0.1) is 0 Å². The number of aliphatic hydroxyl groups is 2. The molecule has 0 bridgehead atoms. The van der Waals surface area contributed by atoms with Crippen LogP contribution >= 0.6 is 0 Å². The van der Waals surface area contributed by atoms with E-state index in [-0.39, 0.29) is 6.04 Å². The number of amides is 1. The number of aryl methyl sites for hydroxylation is 1. The Balaban J connectivity index is 1.36. The first-order valence-electron chi connectivity index (χ1n) is 10.8. The molecule has 2 aliphatic heterocycles. The predicted octanol–water partition coefficient (Wildman–Crippen LogP) is 0.923. The van der Waals surface area contributed by atoms with Crippen LogP contribution in [0, 0.1) is 0 Å². The molecule has 0 saturated carbocycles. The topological polar surface area (TPSA) is 172 Å². The molecular formula is C20H25N7O6. The second-order valence-corrected chi connectivity index (χ2v) is 8.24. The summed E-state index contributed by atoms with van der Waals surface area (Å²) in [5.41, 5.74) is 1.64. The van der Waals surface area contributed by atoms with Crippen LogP contribution in [0.1, 0.15) is 43.6 Å². The summed E-state index contributed by atoms with van der Waals surface area (Å²) < 4.78 is 12.8. The van der Waals surface area contributed by atoms with Crippen LogP contribution in [0.2, 0.25) is 0 Å². The second-order valence-electron chi connectivity index (χ2n) is 8.24. The van der Waals surface area contributed by atoms with Crippen molar-refractivity contribution in [3.8, 4) is 0 Å². The van der Waals surface area contributed by atoms with Crippen LogP contribution in [0.25, 0.3) is 11.2 Å². The lowest BCUT2D eigenvalue weighted by atomic mass is 10.1. The highest BCUT2D eigenvalue weighted by molar-refractivity contribution is 5.82. The van der Waals surface area contributed by atoms with Crippen molar-refractivity contribution in [1.82, 2.24) is 29.6 Å². The van der Waals surface area contributed by atoms with Gasteiger partial charge >= 0.3 is 6.09 Å². The van der Waals surface area contributed by atoms with E-state index < -0.39 is 30.6 Å². The first-order valence-corrected chi connectivity index (χ1v) is 10.8. The van der Waals surface area contributed by atoms with Crippen molar-refractivity contribution in [3.63, 3.8) is 0 Å². The van der Waals surface area contributed by atoms with Gasteiger partial charge < -0.3 is 34.8 Å². The average Bonchev–Trinajstić information content (AvgIpc) is 3.53. The molecule has 33 heavy (non-hydrogen) atoms. The summed E-state index contributed by atoms with van der Waals surface area (Å²) in [5.74, 6) is 0.856. The summed E-state index contributed by atoms with van der Waals surface area (Å²) in [4.78, 5) is 25.5. The molecule has 4 atom stereocenters. The van der Waals surface area contributed by atoms with Crippen LogP contribution in [-0.4, -0.2) is 82.3 Å². The number of carbonyl (C=O) groups is 1. The highest BCUT2D eigenvalue weighted by atomic mass is 16.6. The maximum atomic E-state index is 11.1. The van der Waals surface area contributed by atoms with E-state index in [0.717, 1.165) is 5.69 Å². The van der Waals surface area contributed by atoms with Crippen molar-refractivity contribution < 1.29 is 29.4 Å². The number of piperidine rings is 1. The highest BCUT2D eigenvalue weighted by Gasteiger charge is 2.46. The fourth-order valence-electron chi connectivity index (χ4n) is 4.31. The van der Waals surface area contributed by atoms with Crippen LogP contribution in [-0.2, 0) is 11.2 Å². The summed E-state index contributed by atoms with van der Waals surface area (Å²) in [6.45, 7) is 2.82. The van der Waals surface area contributed by atoms with Gasteiger partial charge in [-0.1, -0.05) is 12.1 Å². The van der Waals surface area contributed by atoms with Crippen molar-refractivity contribution in [2.45, 2.75) is 56.8 Å². The SMILES string of the molecule is CCc1cc([C@H]2O[C@@H](n3cnc4c(NC5CCN(C(=O)O)CC5)ncnc43)[C@H](O)[C@@H]2O)on1. The molecule has 0 radical (unpaired) electrons. The molecule has 13 heteroatoms. The number of imidazole rings is 1. The summed E-state index contributed by atoms with van der Waals surface area (Å²) >= 11 is 0. The molecule has 5 heterocycles. The number of likely N-dealkylation sites (tertiary alicyclic amines) is 1. The number of fused-ring (bicyclic) bond motifs is 1. The van der Waals surface area contributed by atoms with Crippen molar-refractivity contribution in [2.24, 2.45) is 0 Å². The molecular weight excluding hydrogens is 434 g/mol. The van der Waals surface area contributed by atoms with E-state index in [1.54, 1.807) is 10.6 Å². The maximum Gasteiger partial charge on any atom is 0.407 e. The summed E-state index contributed by atoms with van der Waals surface area (Å²) in [6.07, 6.45) is -0.358. The second kappa shape index (κ2) is 8.57. The number of hydrogen-bond donors (Lipinski definition) is 4. The number of aliphatic hydroxyl groups excluding tert-OH is 2. The quantitative estimate of drug-likeness (QED) is 0.427. The van der Waals surface area contributed by atoms with Crippen molar-refractivity contribution in [3.05, 3.63) is 30.2 Å². The van der Waals surface area contributed by atoms with Crippen LogP contribution in [0.15, 0.2) is 23.2 Å². The Morgan fingerprint density at radius 1 is 1.21 bits per heavy atom. The van der Waals surface area contributed by atoms with Gasteiger partial charge in [0.15, 0.2) is 29.0 Å². The normalized spacial score (nSPS) is 26.2. The molecule has 1 amide bonds. The molecule has 3 aromatic rings. The van der Waals surface area contributed by atoms with Gasteiger partial charge in [0.25, 0.3) is 0 Å². The van der Waals surface area contributed by atoms with E-state index in [2.05, 4.69) is 25.4 Å². The zero-order valence-electron chi connectivity index (χ0n) is 17.9. The minimum Gasteiger partial charge on any atom is -0.465 e. The van der Waals surface area contributed by atoms with E-state index in [1.165, 1.54) is 17.6 Å². The molecule has 13 nitrogen and oxygen atoms in total. The molecule has 176 valence electrons. The Kier molecular flexibility index (Phi) is 5.60. The van der Waals surface area contributed by atoms with Gasteiger partial charge in [0, 0.05) is 25.2 Å². The van der Waals surface area contributed by atoms with Gasteiger partial charge in [0.2, 0.25) is 0 Å². The zero-order chi connectivity index (χ0) is 23.1. The molecule has 2 fully saturated rings. The molecule has 4 N–H and O–H groups in total. The van der Waals surface area contributed by atoms with Crippen LogP contribution in [0.5, 0.6) is 0 Å². The molecule has 0 unspecified atom stereocenters. The third kappa shape index (κ3) is 3.87. The fraction of sp³-hybridized carbons (Fsp3) is 0.550. The summed E-state index contributed by atoms with van der Waals surface area (Å²) in [5, 5.41) is 37.6. The van der Waals surface area contributed by atoms with Gasteiger partial charge in [0.1, 0.15) is 24.6 Å². The van der Waals surface area contributed by atoms with Gasteiger partial charge in [0.05, 0.1) is 12.0 Å². The van der Waals surface area contributed by atoms with Crippen LogP contribution < -0.4 is 5.32 Å². The monoisotopic (exact) mass is 459 g/mol. The molecule has 2 aliphatic rings. The predicted molar refractivity (Wildman–Crippen MR) is 112 cm³/mol. The van der Waals surface area contributed by atoms with Gasteiger partial charge in [-0.25, -0.2) is 19.7 Å². The van der Waals surface area contributed by atoms with E-state index in [9.17, 15) is 15.0 Å². The van der Waals surface area contributed by atoms with Gasteiger partial charge in [-0.3, -0.25) is 4.57 Å². The number of aromatic nitrogens is 5. The lowest BCUT2D eigenvalue weighted by molar-refractivity contribution is -0.0434. The van der Waals surface area contributed by atoms with E-state index in [4.69, 9.17) is 14.4 Å². The number of rotatable bonds is 5. The maximum absolute atomic E-state index is 11.1. The Bertz CT molecular complexity index is 1140. The minimum absolute atomic E-state index is 0.0441. The van der Waals surface area contributed by atoms with E-state index >= 15 is 0 Å². The van der Waals surface area contributed by atoms with Crippen molar-refractivity contribution in [2.75, 3.05) is 18.4 Å². The molecule has 0 aromatic carbocycles. The van der Waals surface area contributed by atoms with E-state index in [0.29, 0.717) is 55.1 Å². The third-order valence-electron chi connectivity index (χ3n) is 6.20. The third-order valence-corrected chi connectivity index (χ3v) is 6.20. The molecule has 0 aliphatic carbocycles. The van der Waals surface area contributed by atoms with E-state index in [1.807, 2.05) is 6.92 Å². The van der Waals surface area contributed by atoms with Crippen LogP contribution in [0.3, 0.4) is 0 Å². The number of anilines is 1. The van der Waals surface area contributed by atoms with Crippen LogP contribution in [0.4, 0.5) is 10.6 Å². The zero-order valence-corrected chi connectivity index (χ0v) is 17.9. The van der Waals surface area contributed by atoms with Crippen molar-refractivity contribution >= 4 is 23.1 Å². The first-order chi connectivity index (χ1) is 16.0.